The van der Waals surface area contributed by atoms with Gasteiger partial charge in [0.2, 0.25) is 23.6 Å². The van der Waals surface area contributed by atoms with E-state index >= 15 is 0 Å². The second-order valence-corrected chi connectivity index (χ2v) is 14.5. The summed E-state index contributed by atoms with van der Waals surface area (Å²) in [7, 11) is 0. The van der Waals surface area contributed by atoms with Crippen LogP contribution < -0.4 is 10.6 Å². The number of aliphatic hydroxyl groups is 1. The number of carbonyl (C=O) groups excluding carboxylic acids is 4. The van der Waals surface area contributed by atoms with Gasteiger partial charge in [-0.05, 0) is 57.3 Å². The number of hydrogen-bond acceptors (Lipinski definition) is 8. The van der Waals surface area contributed by atoms with Gasteiger partial charge < -0.3 is 35.2 Å². The van der Waals surface area contributed by atoms with Crippen molar-refractivity contribution in [3.8, 4) is 0 Å². The number of aliphatic hydroxyl groups excluding tert-OH is 1. The zero-order valence-corrected chi connectivity index (χ0v) is 27.0. The van der Waals surface area contributed by atoms with E-state index in [0.29, 0.717) is 77.8 Å². The molecule has 7 rings (SSSR count). The standard InChI is InChI=1S/C33H54N6O6/c1-22-29(40)19-32(43)38-9-6-23(16-30(41)37-12-14-45-15-13-37)24(20-38)17-31(42)36-10-7-27(8-11-36)39-21-26(18-28(39)33(44)34-22)35-25-4-2-3-5-25/h22-29,35,40H,2-21H2,1H3,(H,34,44)/t22-,23-,24-,26-,28-,29-/m0/s1. The number of piperidine rings is 2. The van der Waals surface area contributed by atoms with Crippen LogP contribution in [-0.4, -0.2) is 144 Å². The Morgan fingerprint density at radius 3 is 2.31 bits per heavy atom. The molecular formula is C33H54N6O6. The van der Waals surface area contributed by atoms with Gasteiger partial charge in [-0.3, -0.25) is 24.1 Å². The molecule has 4 amide bonds. The van der Waals surface area contributed by atoms with E-state index in [9.17, 15) is 24.3 Å². The lowest BCUT2D eigenvalue weighted by molar-refractivity contribution is -0.142. The Morgan fingerprint density at radius 2 is 1.58 bits per heavy atom. The highest BCUT2D eigenvalue weighted by atomic mass is 16.5. The van der Waals surface area contributed by atoms with Gasteiger partial charge in [0.05, 0.1) is 37.8 Å². The number of amides is 4. The van der Waals surface area contributed by atoms with E-state index in [1.807, 2.05) is 9.80 Å². The number of fused-ring (bicyclic) bond motifs is 8. The van der Waals surface area contributed by atoms with Crippen molar-refractivity contribution in [3.63, 3.8) is 0 Å². The van der Waals surface area contributed by atoms with Gasteiger partial charge in [0.1, 0.15) is 0 Å². The molecule has 12 heteroatoms. The molecule has 6 heterocycles. The molecule has 1 saturated carbocycles. The van der Waals surface area contributed by atoms with E-state index in [4.69, 9.17) is 4.74 Å². The van der Waals surface area contributed by atoms with Crippen LogP contribution in [0.5, 0.6) is 0 Å². The summed E-state index contributed by atoms with van der Waals surface area (Å²) in [5.41, 5.74) is 0. The number of carbonyl (C=O) groups is 4. The average molecular weight is 631 g/mol. The highest BCUT2D eigenvalue weighted by Gasteiger charge is 2.44. The summed E-state index contributed by atoms with van der Waals surface area (Å²) in [5.74, 6) is -0.170. The molecule has 3 N–H and O–H groups in total. The van der Waals surface area contributed by atoms with Crippen LogP contribution in [0.2, 0.25) is 0 Å². The molecule has 0 aromatic heterocycles. The lowest BCUT2D eigenvalue weighted by Gasteiger charge is -2.41. The molecule has 12 nitrogen and oxygen atoms in total. The van der Waals surface area contributed by atoms with Crippen LogP contribution >= 0.6 is 0 Å². The predicted molar refractivity (Wildman–Crippen MR) is 167 cm³/mol. The smallest absolute Gasteiger partial charge is 0.237 e. The Kier molecular flexibility index (Phi) is 10.6. The Labute approximate surface area is 267 Å². The zero-order valence-electron chi connectivity index (χ0n) is 27.0. The molecule has 0 unspecified atom stereocenters. The fourth-order valence-corrected chi connectivity index (χ4v) is 8.74. The summed E-state index contributed by atoms with van der Waals surface area (Å²) >= 11 is 0. The molecule has 6 aliphatic heterocycles. The molecule has 4 bridgehead atoms. The third-order valence-electron chi connectivity index (χ3n) is 11.6. The monoisotopic (exact) mass is 630 g/mol. The minimum Gasteiger partial charge on any atom is -0.390 e. The van der Waals surface area contributed by atoms with Crippen molar-refractivity contribution in [3.05, 3.63) is 0 Å². The maximum absolute atomic E-state index is 13.7. The highest BCUT2D eigenvalue weighted by molar-refractivity contribution is 5.83. The Hall–Kier alpha value is -2.28. The second-order valence-electron chi connectivity index (χ2n) is 14.5. The first-order valence-corrected chi connectivity index (χ1v) is 17.7. The summed E-state index contributed by atoms with van der Waals surface area (Å²) in [4.78, 5) is 62.0. The molecule has 0 spiro atoms. The largest absolute Gasteiger partial charge is 0.390 e. The van der Waals surface area contributed by atoms with Gasteiger partial charge in [-0.25, -0.2) is 0 Å². The second kappa shape index (κ2) is 14.6. The molecule has 7 aliphatic rings. The summed E-state index contributed by atoms with van der Waals surface area (Å²) in [6.45, 7) is 7.07. The predicted octanol–water partition coefficient (Wildman–Crippen LogP) is 0.326. The lowest BCUT2D eigenvalue weighted by Crippen LogP contribution is -2.54. The first-order chi connectivity index (χ1) is 21.7. The molecule has 6 saturated heterocycles. The minimum atomic E-state index is -1.01. The maximum atomic E-state index is 13.7. The summed E-state index contributed by atoms with van der Waals surface area (Å²) in [6, 6.07) is 0.0912. The number of hydrogen-bond donors (Lipinski definition) is 3. The third kappa shape index (κ3) is 7.82. The van der Waals surface area contributed by atoms with E-state index in [-0.39, 0.29) is 60.0 Å². The van der Waals surface area contributed by atoms with Crippen LogP contribution in [0.4, 0.5) is 0 Å². The molecule has 6 atom stereocenters. The van der Waals surface area contributed by atoms with Crippen LogP contribution in [0, 0.1) is 11.8 Å². The molecule has 0 aromatic carbocycles. The van der Waals surface area contributed by atoms with E-state index in [1.54, 1.807) is 11.8 Å². The van der Waals surface area contributed by atoms with Crippen molar-refractivity contribution >= 4 is 23.6 Å². The van der Waals surface area contributed by atoms with E-state index < -0.39 is 12.1 Å². The molecule has 7 fully saturated rings. The highest BCUT2D eigenvalue weighted by Crippen LogP contribution is 2.33. The van der Waals surface area contributed by atoms with Crippen LogP contribution in [0.3, 0.4) is 0 Å². The number of nitrogens with zero attached hydrogens (tertiary/aromatic N) is 4. The molecule has 45 heavy (non-hydrogen) atoms. The average Bonchev–Trinajstić information content (AvgIpc) is 3.72. The normalized spacial score (nSPS) is 36.3. The summed E-state index contributed by atoms with van der Waals surface area (Å²) < 4.78 is 5.42. The molecule has 1 aliphatic carbocycles. The van der Waals surface area contributed by atoms with Gasteiger partial charge in [0, 0.05) is 76.8 Å². The Balaban J connectivity index is 1.17. The Bertz CT molecular complexity index is 1070. The van der Waals surface area contributed by atoms with Crippen LogP contribution in [0.25, 0.3) is 0 Å². The quantitative estimate of drug-likeness (QED) is 0.405. The number of morpholine rings is 1. The van der Waals surface area contributed by atoms with Crippen LogP contribution in [0.15, 0.2) is 0 Å². The molecule has 0 aromatic rings. The first-order valence-electron chi connectivity index (χ1n) is 17.7. The van der Waals surface area contributed by atoms with Crippen molar-refractivity contribution in [2.24, 2.45) is 11.8 Å². The van der Waals surface area contributed by atoms with Gasteiger partial charge in [-0.15, -0.1) is 0 Å². The van der Waals surface area contributed by atoms with Gasteiger partial charge in [0.15, 0.2) is 0 Å². The van der Waals surface area contributed by atoms with Crippen molar-refractivity contribution in [1.82, 2.24) is 30.2 Å². The number of ether oxygens (including phenoxy) is 1. The van der Waals surface area contributed by atoms with E-state index in [2.05, 4.69) is 15.5 Å². The third-order valence-corrected chi connectivity index (χ3v) is 11.6. The summed E-state index contributed by atoms with van der Waals surface area (Å²) in [6.07, 6.45) is 7.47. The van der Waals surface area contributed by atoms with Gasteiger partial charge in [0.25, 0.3) is 0 Å². The lowest BCUT2D eigenvalue weighted by atomic mass is 9.80. The molecular weight excluding hydrogens is 576 g/mol. The van der Waals surface area contributed by atoms with Crippen molar-refractivity contribution in [2.45, 2.75) is 114 Å². The van der Waals surface area contributed by atoms with Crippen molar-refractivity contribution in [2.75, 3.05) is 59.0 Å². The number of nitrogens with one attached hydrogen (secondary N) is 2. The van der Waals surface area contributed by atoms with Crippen molar-refractivity contribution < 1.29 is 29.0 Å². The van der Waals surface area contributed by atoms with E-state index in [0.717, 1.165) is 25.8 Å². The van der Waals surface area contributed by atoms with Gasteiger partial charge >= 0.3 is 0 Å². The zero-order chi connectivity index (χ0) is 31.5. The van der Waals surface area contributed by atoms with Gasteiger partial charge in [-0.1, -0.05) is 12.8 Å². The maximum Gasteiger partial charge on any atom is 0.237 e. The van der Waals surface area contributed by atoms with Crippen LogP contribution in [-0.2, 0) is 23.9 Å². The molecule has 0 radical (unpaired) electrons. The minimum absolute atomic E-state index is 0.0192. The fourth-order valence-electron chi connectivity index (χ4n) is 8.74. The Morgan fingerprint density at radius 1 is 0.889 bits per heavy atom. The van der Waals surface area contributed by atoms with E-state index in [1.165, 1.54) is 25.7 Å². The van der Waals surface area contributed by atoms with Gasteiger partial charge in [-0.2, -0.15) is 0 Å². The SMILES string of the molecule is C[C@@H]1NC(=O)[C@@H]2C[C@H](NC3CCCC3)CN2C2CCN(CC2)C(=O)C[C@H]2CN(CC[C@H]2CC(=O)N2CCOCC2)C(=O)C[C@@H]1O. The van der Waals surface area contributed by atoms with Crippen molar-refractivity contribution in [1.29, 1.82) is 0 Å². The number of rotatable bonds is 4. The summed E-state index contributed by atoms with van der Waals surface area (Å²) in [5, 5.41) is 17.9. The van der Waals surface area contributed by atoms with Crippen LogP contribution in [0.1, 0.15) is 77.6 Å². The topological polar surface area (TPSA) is 135 Å². The molecule has 252 valence electrons. The fraction of sp³-hybridized carbons (Fsp3) is 0.879. The first kappa shape index (κ1) is 32.7.